The molecule has 1 saturated heterocycles. The normalized spacial score (nSPS) is 19.0. The lowest BCUT2D eigenvalue weighted by Crippen LogP contribution is -2.45. The molecule has 0 N–H and O–H groups in total. The molecule has 3 rings (SSSR count). The van der Waals surface area contributed by atoms with E-state index in [1.807, 2.05) is 42.5 Å². The monoisotopic (exact) mass is 393 g/mol. The van der Waals surface area contributed by atoms with E-state index in [4.69, 9.17) is 16.6 Å². The summed E-state index contributed by atoms with van der Waals surface area (Å²) in [7, 11) is -0.242. The maximum atomic E-state index is 12.4. The lowest BCUT2D eigenvalue weighted by molar-refractivity contribution is 0.296. The van der Waals surface area contributed by atoms with E-state index in [2.05, 4.69) is 0 Å². The van der Waals surface area contributed by atoms with Gasteiger partial charge in [0.05, 0.1) is 0 Å². The Balaban J connectivity index is 1.78. The summed E-state index contributed by atoms with van der Waals surface area (Å²) in [5, 5.41) is 0.737. The van der Waals surface area contributed by atoms with Crippen LogP contribution in [0.5, 0.6) is 0 Å². The van der Waals surface area contributed by atoms with Gasteiger partial charge in [0.2, 0.25) is 0 Å². The third-order valence-corrected chi connectivity index (χ3v) is 7.02. The van der Waals surface area contributed by atoms with E-state index in [9.17, 15) is 8.42 Å². The standard InChI is InChI=1S/C19H24ClN3O2S/c1-22(2)26(24,25)23-12-6-8-16(14-23)19-11-5-9-17(21-19)13-15-7-3-4-10-18(15)20/h3-5,7,9-11,16H,6,8,12-14H2,1-2H3. The quantitative estimate of drug-likeness (QED) is 0.783. The first-order chi connectivity index (χ1) is 12.4. The molecule has 5 nitrogen and oxygen atoms in total. The van der Waals surface area contributed by atoms with Gasteiger partial charge in [0, 0.05) is 55.9 Å². The number of hydrogen-bond donors (Lipinski definition) is 0. The summed E-state index contributed by atoms with van der Waals surface area (Å²) >= 11 is 6.26. The van der Waals surface area contributed by atoms with Crippen molar-refractivity contribution in [1.82, 2.24) is 13.6 Å². The highest BCUT2D eigenvalue weighted by Gasteiger charge is 2.31. The third kappa shape index (κ3) is 4.26. The SMILES string of the molecule is CN(C)S(=O)(=O)N1CCCC(c2cccc(Cc3ccccc3Cl)n2)C1. The Kier molecular flexibility index (Phi) is 5.97. The molecule has 140 valence electrons. The minimum Gasteiger partial charge on any atom is -0.257 e. The molecule has 0 saturated carbocycles. The molecule has 1 aliphatic heterocycles. The predicted octanol–water partition coefficient (Wildman–Crippen LogP) is 3.31. The smallest absolute Gasteiger partial charge is 0.257 e. The molecular weight excluding hydrogens is 370 g/mol. The highest BCUT2D eigenvalue weighted by molar-refractivity contribution is 7.86. The van der Waals surface area contributed by atoms with Crippen LogP contribution >= 0.6 is 11.6 Å². The number of rotatable bonds is 5. The van der Waals surface area contributed by atoms with Crippen molar-refractivity contribution in [1.29, 1.82) is 0 Å². The first-order valence-corrected chi connectivity index (χ1v) is 10.5. The number of piperidine rings is 1. The van der Waals surface area contributed by atoms with Crippen molar-refractivity contribution in [3.05, 3.63) is 64.4 Å². The van der Waals surface area contributed by atoms with Gasteiger partial charge in [-0.3, -0.25) is 4.98 Å². The number of pyridine rings is 1. The van der Waals surface area contributed by atoms with Crippen LogP contribution in [0, 0.1) is 0 Å². The van der Waals surface area contributed by atoms with Crippen molar-refractivity contribution in [3.8, 4) is 0 Å². The highest BCUT2D eigenvalue weighted by atomic mass is 35.5. The summed E-state index contributed by atoms with van der Waals surface area (Å²) in [5.41, 5.74) is 2.94. The predicted molar refractivity (Wildman–Crippen MR) is 105 cm³/mol. The van der Waals surface area contributed by atoms with Gasteiger partial charge in [0.1, 0.15) is 0 Å². The van der Waals surface area contributed by atoms with Gasteiger partial charge < -0.3 is 0 Å². The maximum absolute atomic E-state index is 12.4. The van der Waals surface area contributed by atoms with Gasteiger partial charge in [-0.2, -0.15) is 17.0 Å². The number of nitrogens with zero attached hydrogens (tertiary/aromatic N) is 3. The largest absolute Gasteiger partial charge is 0.281 e. The Morgan fingerprint density at radius 1 is 1.19 bits per heavy atom. The Hall–Kier alpha value is -1.47. The molecule has 1 aliphatic rings. The van der Waals surface area contributed by atoms with Crippen LogP contribution in [0.25, 0.3) is 0 Å². The summed E-state index contributed by atoms with van der Waals surface area (Å²) in [5.74, 6) is 0.115. The van der Waals surface area contributed by atoms with Gasteiger partial charge in [-0.1, -0.05) is 35.9 Å². The fourth-order valence-electron chi connectivity index (χ4n) is 3.29. The molecule has 1 aromatic heterocycles. The van der Waals surface area contributed by atoms with E-state index in [-0.39, 0.29) is 5.92 Å². The van der Waals surface area contributed by atoms with E-state index >= 15 is 0 Å². The van der Waals surface area contributed by atoms with E-state index in [1.54, 1.807) is 18.4 Å². The fourth-order valence-corrected chi connectivity index (χ4v) is 4.68. The minimum absolute atomic E-state index is 0.115. The molecule has 2 aromatic rings. The van der Waals surface area contributed by atoms with Crippen LogP contribution in [0.4, 0.5) is 0 Å². The van der Waals surface area contributed by atoms with Gasteiger partial charge in [-0.05, 0) is 36.6 Å². The third-order valence-electron chi connectivity index (χ3n) is 4.75. The van der Waals surface area contributed by atoms with Crippen molar-refractivity contribution in [2.75, 3.05) is 27.2 Å². The van der Waals surface area contributed by atoms with Gasteiger partial charge in [-0.15, -0.1) is 0 Å². The topological polar surface area (TPSA) is 53.5 Å². The number of benzene rings is 1. The average molecular weight is 394 g/mol. The zero-order valence-corrected chi connectivity index (χ0v) is 16.7. The lowest BCUT2D eigenvalue weighted by Gasteiger charge is -2.33. The molecule has 7 heteroatoms. The molecule has 0 amide bonds. The molecule has 0 spiro atoms. The summed E-state index contributed by atoms with van der Waals surface area (Å²) in [4.78, 5) is 4.80. The maximum Gasteiger partial charge on any atom is 0.281 e. The summed E-state index contributed by atoms with van der Waals surface area (Å²) in [6.07, 6.45) is 2.45. The molecule has 0 aliphatic carbocycles. The minimum atomic E-state index is -3.38. The lowest BCUT2D eigenvalue weighted by atomic mass is 9.95. The molecule has 1 aromatic carbocycles. The molecule has 0 radical (unpaired) electrons. The molecule has 2 heterocycles. The van der Waals surface area contributed by atoms with Crippen LogP contribution in [0.15, 0.2) is 42.5 Å². The number of halogens is 1. The van der Waals surface area contributed by atoms with Gasteiger partial charge >= 0.3 is 0 Å². The molecule has 26 heavy (non-hydrogen) atoms. The van der Waals surface area contributed by atoms with Gasteiger partial charge in [0.25, 0.3) is 10.2 Å². The van der Waals surface area contributed by atoms with E-state index in [0.717, 1.165) is 34.8 Å². The van der Waals surface area contributed by atoms with Crippen LogP contribution in [0.1, 0.15) is 35.7 Å². The van der Waals surface area contributed by atoms with Gasteiger partial charge in [0.15, 0.2) is 0 Å². The van der Waals surface area contributed by atoms with Crippen LogP contribution in [0.2, 0.25) is 5.02 Å². The second-order valence-corrected chi connectivity index (χ2v) is 9.36. The van der Waals surface area contributed by atoms with Crippen molar-refractivity contribution >= 4 is 21.8 Å². The van der Waals surface area contributed by atoms with E-state index in [1.165, 1.54) is 4.31 Å². The van der Waals surface area contributed by atoms with Crippen LogP contribution < -0.4 is 0 Å². The molecule has 1 unspecified atom stereocenters. The zero-order chi connectivity index (χ0) is 18.7. The fraction of sp³-hybridized carbons (Fsp3) is 0.421. The van der Waals surface area contributed by atoms with E-state index in [0.29, 0.717) is 19.5 Å². The summed E-state index contributed by atoms with van der Waals surface area (Å²) < 4.78 is 27.7. The Bertz CT molecular complexity index is 871. The molecule has 1 atom stereocenters. The van der Waals surface area contributed by atoms with Crippen molar-refractivity contribution in [2.45, 2.75) is 25.2 Å². The summed E-state index contributed by atoms with van der Waals surface area (Å²) in [6.45, 7) is 1.04. The zero-order valence-electron chi connectivity index (χ0n) is 15.1. The molecule has 1 fully saturated rings. The second kappa shape index (κ2) is 8.05. The van der Waals surface area contributed by atoms with Crippen molar-refractivity contribution < 1.29 is 8.42 Å². The van der Waals surface area contributed by atoms with Gasteiger partial charge in [-0.25, -0.2) is 0 Å². The molecular formula is C19H24ClN3O2S. The number of hydrogen-bond acceptors (Lipinski definition) is 3. The van der Waals surface area contributed by atoms with Crippen molar-refractivity contribution in [2.24, 2.45) is 0 Å². The Morgan fingerprint density at radius 3 is 2.69 bits per heavy atom. The second-order valence-electron chi connectivity index (χ2n) is 6.81. The van der Waals surface area contributed by atoms with E-state index < -0.39 is 10.2 Å². The summed E-state index contributed by atoms with van der Waals surface area (Å²) in [6, 6.07) is 13.7. The van der Waals surface area contributed by atoms with Crippen LogP contribution in [-0.2, 0) is 16.6 Å². The first kappa shape index (κ1) is 19.3. The van der Waals surface area contributed by atoms with Crippen molar-refractivity contribution in [3.63, 3.8) is 0 Å². The Morgan fingerprint density at radius 2 is 1.96 bits per heavy atom. The highest BCUT2D eigenvalue weighted by Crippen LogP contribution is 2.28. The van der Waals surface area contributed by atoms with Crippen LogP contribution in [-0.4, -0.2) is 49.2 Å². The Labute approximate surface area is 160 Å². The molecule has 0 bridgehead atoms. The first-order valence-electron chi connectivity index (χ1n) is 8.75. The van der Waals surface area contributed by atoms with Crippen LogP contribution in [0.3, 0.4) is 0 Å². The number of aromatic nitrogens is 1. The average Bonchev–Trinajstić information content (AvgIpc) is 2.64.